The Kier molecular flexibility index (Phi) is 3.25. The highest BCUT2D eigenvalue weighted by atomic mass is 16.3. The second-order valence-electron chi connectivity index (χ2n) is 5.61. The lowest BCUT2D eigenvalue weighted by molar-refractivity contribution is 0.0908. The molecule has 1 aliphatic rings. The van der Waals surface area contributed by atoms with E-state index < -0.39 is 5.60 Å². The summed E-state index contributed by atoms with van der Waals surface area (Å²) in [4.78, 5) is 0. The quantitative estimate of drug-likeness (QED) is 0.684. The van der Waals surface area contributed by atoms with Crippen LogP contribution >= 0.6 is 0 Å². The Morgan fingerprint density at radius 1 is 1.53 bits per heavy atom. The Labute approximate surface area is 93.2 Å². The van der Waals surface area contributed by atoms with E-state index in [0.29, 0.717) is 6.42 Å². The largest absolute Gasteiger partial charge is 0.385 e. The molecule has 0 saturated heterocycles. The van der Waals surface area contributed by atoms with Crippen molar-refractivity contribution >= 4 is 0 Å². The molecule has 0 heterocycles. The molecule has 0 aromatic heterocycles. The maximum Gasteiger partial charge on any atom is 0.0904 e. The Balaban J connectivity index is 3.05. The van der Waals surface area contributed by atoms with Gasteiger partial charge in [-0.15, -0.1) is 6.58 Å². The van der Waals surface area contributed by atoms with Crippen LogP contribution in [0.2, 0.25) is 0 Å². The molecule has 0 radical (unpaired) electrons. The summed E-state index contributed by atoms with van der Waals surface area (Å²) >= 11 is 0. The topological polar surface area (TPSA) is 20.2 Å². The van der Waals surface area contributed by atoms with Gasteiger partial charge in [0.05, 0.1) is 5.60 Å². The van der Waals surface area contributed by atoms with Crippen LogP contribution < -0.4 is 0 Å². The van der Waals surface area contributed by atoms with Crippen LogP contribution in [0.25, 0.3) is 0 Å². The van der Waals surface area contributed by atoms with Crippen LogP contribution in [0.5, 0.6) is 0 Å². The first kappa shape index (κ1) is 12.3. The monoisotopic (exact) mass is 206 g/mol. The van der Waals surface area contributed by atoms with Crippen molar-refractivity contribution in [1.29, 1.82) is 0 Å². The molecular weight excluding hydrogens is 184 g/mol. The van der Waals surface area contributed by atoms with Gasteiger partial charge in [-0.1, -0.05) is 38.5 Å². The standard InChI is InChI=1S/C14H22O/c1-6-7-14(15)9-11(2)8-12(10-14)13(3,4)5/h6,8,10,15H,1,7,9H2,2-5H3. The average Bonchev–Trinajstić information content (AvgIpc) is 2.00. The molecule has 1 aliphatic carbocycles. The highest BCUT2D eigenvalue weighted by molar-refractivity contribution is 5.36. The fraction of sp³-hybridized carbons (Fsp3) is 0.571. The normalized spacial score (nSPS) is 27.0. The predicted molar refractivity (Wildman–Crippen MR) is 65.7 cm³/mol. The molecule has 1 N–H and O–H groups in total. The number of rotatable bonds is 2. The zero-order chi connectivity index (χ0) is 11.7. The van der Waals surface area contributed by atoms with E-state index in [0.717, 1.165) is 6.42 Å². The highest BCUT2D eigenvalue weighted by Gasteiger charge is 2.29. The third-order valence-corrected chi connectivity index (χ3v) is 2.77. The minimum Gasteiger partial charge on any atom is -0.385 e. The van der Waals surface area contributed by atoms with Gasteiger partial charge >= 0.3 is 0 Å². The lowest BCUT2D eigenvalue weighted by atomic mass is 9.76. The molecule has 0 aromatic carbocycles. The smallest absolute Gasteiger partial charge is 0.0904 e. The lowest BCUT2D eigenvalue weighted by Crippen LogP contribution is -2.30. The molecule has 0 saturated carbocycles. The lowest BCUT2D eigenvalue weighted by Gasteiger charge is -2.33. The van der Waals surface area contributed by atoms with E-state index in [-0.39, 0.29) is 5.41 Å². The summed E-state index contributed by atoms with van der Waals surface area (Å²) < 4.78 is 0. The van der Waals surface area contributed by atoms with Crippen molar-refractivity contribution in [2.45, 2.75) is 46.1 Å². The van der Waals surface area contributed by atoms with Crippen molar-refractivity contribution in [2.24, 2.45) is 5.41 Å². The van der Waals surface area contributed by atoms with Gasteiger partial charge in [-0.2, -0.15) is 0 Å². The van der Waals surface area contributed by atoms with Crippen LogP contribution in [-0.4, -0.2) is 10.7 Å². The van der Waals surface area contributed by atoms with Crippen LogP contribution in [0.1, 0.15) is 40.5 Å². The number of hydrogen-bond donors (Lipinski definition) is 1. The Hall–Kier alpha value is -0.820. The molecule has 0 bridgehead atoms. The third kappa shape index (κ3) is 3.07. The molecule has 1 unspecified atom stereocenters. The van der Waals surface area contributed by atoms with E-state index >= 15 is 0 Å². The SMILES string of the molecule is C=CCC1(O)C=C(C(C)(C)C)C=C(C)C1. The fourth-order valence-electron chi connectivity index (χ4n) is 2.00. The minimum absolute atomic E-state index is 0.0941. The van der Waals surface area contributed by atoms with Crippen molar-refractivity contribution in [3.05, 3.63) is 36.0 Å². The van der Waals surface area contributed by atoms with Crippen LogP contribution in [-0.2, 0) is 0 Å². The maximum absolute atomic E-state index is 10.4. The van der Waals surface area contributed by atoms with Gasteiger partial charge in [-0.05, 0) is 30.4 Å². The summed E-state index contributed by atoms with van der Waals surface area (Å²) in [5.41, 5.74) is 1.84. The molecule has 1 rings (SSSR count). The summed E-state index contributed by atoms with van der Waals surface area (Å²) in [5.74, 6) is 0. The van der Waals surface area contributed by atoms with Gasteiger partial charge < -0.3 is 5.11 Å². The molecule has 15 heavy (non-hydrogen) atoms. The fourth-order valence-corrected chi connectivity index (χ4v) is 2.00. The highest BCUT2D eigenvalue weighted by Crippen LogP contribution is 2.36. The van der Waals surface area contributed by atoms with E-state index in [9.17, 15) is 5.11 Å². The summed E-state index contributed by atoms with van der Waals surface area (Å²) in [5, 5.41) is 10.4. The van der Waals surface area contributed by atoms with Crippen molar-refractivity contribution < 1.29 is 5.11 Å². The van der Waals surface area contributed by atoms with E-state index in [1.54, 1.807) is 6.08 Å². The van der Waals surface area contributed by atoms with Crippen molar-refractivity contribution in [3.63, 3.8) is 0 Å². The zero-order valence-electron chi connectivity index (χ0n) is 10.3. The second-order valence-corrected chi connectivity index (χ2v) is 5.61. The molecule has 1 nitrogen and oxygen atoms in total. The van der Waals surface area contributed by atoms with Gasteiger partial charge in [0.1, 0.15) is 0 Å². The Morgan fingerprint density at radius 3 is 2.60 bits per heavy atom. The Bertz CT molecular complexity index is 315. The Morgan fingerprint density at radius 2 is 2.13 bits per heavy atom. The van der Waals surface area contributed by atoms with Gasteiger partial charge in [0, 0.05) is 6.42 Å². The molecule has 0 spiro atoms. The maximum atomic E-state index is 10.4. The van der Waals surface area contributed by atoms with E-state index in [2.05, 4.69) is 40.3 Å². The molecule has 1 heteroatoms. The molecule has 84 valence electrons. The molecule has 0 amide bonds. The predicted octanol–water partition coefficient (Wildman–Crippen LogP) is 3.62. The molecule has 0 aromatic rings. The van der Waals surface area contributed by atoms with Crippen molar-refractivity contribution in [2.75, 3.05) is 0 Å². The first-order valence-electron chi connectivity index (χ1n) is 5.51. The van der Waals surface area contributed by atoms with E-state index in [4.69, 9.17) is 0 Å². The molecule has 0 aliphatic heterocycles. The van der Waals surface area contributed by atoms with Gasteiger partial charge in [0.2, 0.25) is 0 Å². The molecule has 1 atom stereocenters. The summed E-state index contributed by atoms with van der Waals surface area (Å²) in [6.45, 7) is 12.3. The van der Waals surface area contributed by atoms with Crippen LogP contribution in [0.15, 0.2) is 36.0 Å². The average molecular weight is 206 g/mol. The van der Waals surface area contributed by atoms with Crippen LogP contribution in [0.3, 0.4) is 0 Å². The summed E-state index contributed by atoms with van der Waals surface area (Å²) in [7, 11) is 0. The van der Waals surface area contributed by atoms with E-state index in [1.165, 1.54) is 11.1 Å². The van der Waals surface area contributed by atoms with Gasteiger partial charge in [-0.25, -0.2) is 0 Å². The number of aliphatic hydroxyl groups is 1. The second kappa shape index (κ2) is 3.97. The van der Waals surface area contributed by atoms with Crippen LogP contribution in [0.4, 0.5) is 0 Å². The van der Waals surface area contributed by atoms with Gasteiger partial charge in [0.25, 0.3) is 0 Å². The summed E-state index contributed by atoms with van der Waals surface area (Å²) in [6.07, 6.45) is 7.32. The van der Waals surface area contributed by atoms with E-state index in [1.807, 2.05) is 6.08 Å². The van der Waals surface area contributed by atoms with Crippen LogP contribution in [0, 0.1) is 5.41 Å². The van der Waals surface area contributed by atoms with Crippen molar-refractivity contribution in [3.8, 4) is 0 Å². The van der Waals surface area contributed by atoms with Crippen molar-refractivity contribution in [1.82, 2.24) is 0 Å². The minimum atomic E-state index is -0.719. The number of allylic oxidation sites excluding steroid dienone is 2. The first-order chi connectivity index (χ1) is 6.77. The number of hydrogen-bond acceptors (Lipinski definition) is 1. The zero-order valence-corrected chi connectivity index (χ0v) is 10.3. The van der Waals surface area contributed by atoms with Gasteiger partial charge in [0.15, 0.2) is 0 Å². The molecular formula is C14H22O. The third-order valence-electron chi connectivity index (χ3n) is 2.77. The van der Waals surface area contributed by atoms with Gasteiger partial charge in [-0.3, -0.25) is 0 Å². The first-order valence-corrected chi connectivity index (χ1v) is 5.51. The summed E-state index contributed by atoms with van der Waals surface area (Å²) in [6, 6.07) is 0. The molecule has 0 fully saturated rings.